The van der Waals surface area contributed by atoms with Gasteiger partial charge in [0, 0.05) is 27.5 Å². The number of thiophene rings is 1. The number of benzene rings is 1. The van der Waals surface area contributed by atoms with Crippen LogP contribution in [-0.2, 0) is 4.79 Å². The molecule has 3 heterocycles. The lowest BCUT2D eigenvalue weighted by Gasteiger charge is -2.12. The zero-order chi connectivity index (χ0) is 19.7. The van der Waals surface area contributed by atoms with Crippen LogP contribution in [0.4, 0.5) is 5.13 Å². The SMILES string of the molecule is Cc1[nH]c2ccccc2c1-c1csc(NC(=O)C(C)NC(=O)c2cccs2)n1. The number of H-pyrrole nitrogens is 1. The molecule has 4 rings (SSSR count). The lowest BCUT2D eigenvalue weighted by atomic mass is 10.1. The van der Waals surface area contributed by atoms with E-state index in [9.17, 15) is 9.59 Å². The highest BCUT2D eigenvalue weighted by atomic mass is 32.1. The number of rotatable bonds is 5. The standard InChI is InChI=1S/C20H18N4O2S2/c1-11-17(13-6-3-4-7-14(13)21-11)15-10-28-20(23-15)24-18(25)12(2)22-19(26)16-8-5-9-27-16/h3-10,12,21H,1-2H3,(H,22,26)(H,23,24,25). The zero-order valence-electron chi connectivity index (χ0n) is 15.3. The summed E-state index contributed by atoms with van der Waals surface area (Å²) in [7, 11) is 0. The van der Waals surface area contributed by atoms with Crippen molar-refractivity contribution in [3.63, 3.8) is 0 Å². The normalized spacial score (nSPS) is 12.1. The molecule has 0 radical (unpaired) electrons. The number of nitrogens with one attached hydrogen (secondary N) is 3. The number of thiazole rings is 1. The molecule has 0 aliphatic carbocycles. The first-order valence-corrected chi connectivity index (χ1v) is 10.5. The van der Waals surface area contributed by atoms with Gasteiger partial charge in [-0.3, -0.25) is 9.59 Å². The van der Waals surface area contributed by atoms with Gasteiger partial charge in [0.05, 0.1) is 10.6 Å². The Morgan fingerprint density at radius 2 is 1.96 bits per heavy atom. The summed E-state index contributed by atoms with van der Waals surface area (Å²) >= 11 is 2.70. The van der Waals surface area contributed by atoms with Crippen LogP contribution in [0.5, 0.6) is 0 Å². The van der Waals surface area contributed by atoms with E-state index >= 15 is 0 Å². The van der Waals surface area contributed by atoms with E-state index in [2.05, 4.69) is 20.6 Å². The summed E-state index contributed by atoms with van der Waals surface area (Å²) in [5, 5.41) is 10.8. The Kier molecular flexibility index (Phi) is 4.97. The van der Waals surface area contributed by atoms with Gasteiger partial charge in [0.2, 0.25) is 5.91 Å². The first kappa shape index (κ1) is 18.4. The van der Waals surface area contributed by atoms with Crippen LogP contribution in [0.2, 0.25) is 0 Å². The van der Waals surface area contributed by atoms with E-state index in [-0.39, 0.29) is 11.8 Å². The predicted octanol–water partition coefficient (Wildman–Crippen LogP) is 4.42. The fourth-order valence-corrected chi connectivity index (χ4v) is 4.34. The van der Waals surface area contributed by atoms with Gasteiger partial charge in [0.1, 0.15) is 6.04 Å². The maximum Gasteiger partial charge on any atom is 0.261 e. The highest BCUT2D eigenvalue weighted by Gasteiger charge is 2.19. The largest absolute Gasteiger partial charge is 0.358 e. The molecule has 0 fully saturated rings. The monoisotopic (exact) mass is 410 g/mol. The first-order chi connectivity index (χ1) is 13.5. The fraction of sp³-hybridized carbons (Fsp3) is 0.150. The van der Waals surface area contributed by atoms with Gasteiger partial charge < -0.3 is 15.6 Å². The molecule has 0 spiro atoms. The van der Waals surface area contributed by atoms with Crippen molar-refractivity contribution < 1.29 is 9.59 Å². The van der Waals surface area contributed by atoms with Crippen LogP contribution >= 0.6 is 22.7 Å². The van der Waals surface area contributed by atoms with E-state index < -0.39 is 6.04 Å². The van der Waals surface area contributed by atoms with Gasteiger partial charge in [-0.1, -0.05) is 24.3 Å². The number of hydrogen-bond acceptors (Lipinski definition) is 5. The fourth-order valence-electron chi connectivity index (χ4n) is 3.01. The Hall–Kier alpha value is -2.97. The van der Waals surface area contributed by atoms with Crippen LogP contribution in [0.15, 0.2) is 47.2 Å². The Morgan fingerprint density at radius 3 is 2.75 bits per heavy atom. The molecule has 2 amide bonds. The smallest absolute Gasteiger partial charge is 0.261 e. The molecule has 3 aromatic heterocycles. The molecule has 28 heavy (non-hydrogen) atoms. The molecule has 3 N–H and O–H groups in total. The van der Waals surface area contributed by atoms with Crippen LogP contribution < -0.4 is 10.6 Å². The molecule has 0 aliphatic rings. The third kappa shape index (κ3) is 3.56. The first-order valence-electron chi connectivity index (χ1n) is 8.71. The molecule has 4 aromatic rings. The average molecular weight is 411 g/mol. The number of amides is 2. The Balaban J connectivity index is 1.48. The van der Waals surface area contributed by atoms with Crippen molar-refractivity contribution in [1.29, 1.82) is 0 Å². The number of nitrogens with zero attached hydrogens (tertiary/aromatic N) is 1. The van der Waals surface area contributed by atoms with Crippen molar-refractivity contribution in [2.45, 2.75) is 19.9 Å². The molecule has 1 atom stereocenters. The summed E-state index contributed by atoms with van der Waals surface area (Å²) in [6.45, 7) is 3.66. The Bertz CT molecular complexity index is 1140. The van der Waals surface area contributed by atoms with Gasteiger partial charge in [-0.15, -0.1) is 22.7 Å². The Labute approximate surface area is 169 Å². The molecule has 0 saturated heterocycles. The number of aryl methyl sites for hydroxylation is 1. The molecule has 0 bridgehead atoms. The number of hydrogen-bond donors (Lipinski definition) is 3. The number of carbonyl (C=O) groups is 2. The minimum absolute atomic E-state index is 0.258. The molecule has 1 unspecified atom stereocenters. The quantitative estimate of drug-likeness (QED) is 0.455. The van der Waals surface area contributed by atoms with Crippen LogP contribution in [0.3, 0.4) is 0 Å². The summed E-state index contributed by atoms with van der Waals surface area (Å²) < 4.78 is 0. The van der Waals surface area contributed by atoms with E-state index in [1.807, 2.05) is 41.9 Å². The summed E-state index contributed by atoms with van der Waals surface area (Å²) in [6, 6.07) is 10.9. The van der Waals surface area contributed by atoms with Crippen molar-refractivity contribution in [2.24, 2.45) is 0 Å². The van der Waals surface area contributed by atoms with E-state index in [0.29, 0.717) is 10.0 Å². The molecular weight excluding hydrogens is 392 g/mol. The summed E-state index contributed by atoms with van der Waals surface area (Å²) in [5.41, 5.74) is 3.93. The minimum Gasteiger partial charge on any atom is -0.358 e. The van der Waals surface area contributed by atoms with Gasteiger partial charge in [-0.25, -0.2) is 4.98 Å². The van der Waals surface area contributed by atoms with Crippen LogP contribution in [0, 0.1) is 6.92 Å². The van der Waals surface area contributed by atoms with Gasteiger partial charge in [0.25, 0.3) is 5.91 Å². The van der Waals surface area contributed by atoms with Crippen LogP contribution in [-0.4, -0.2) is 27.8 Å². The van der Waals surface area contributed by atoms with Gasteiger partial charge >= 0.3 is 0 Å². The summed E-state index contributed by atoms with van der Waals surface area (Å²) in [4.78, 5) is 33.0. The summed E-state index contributed by atoms with van der Waals surface area (Å²) in [5.74, 6) is -0.562. The van der Waals surface area contributed by atoms with Crippen LogP contribution in [0.25, 0.3) is 22.2 Å². The van der Waals surface area contributed by atoms with Crippen molar-refractivity contribution in [3.8, 4) is 11.3 Å². The average Bonchev–Trinajstić information content (AvgIpc) is 3.40. The lowest BCUT2D eigenvalue weighted by molar-refractivity contribution is -0.117. The van der Waals surface area contributed by atoms with Crippen molar-refractivity contribution in [3.05, 3.63) is 57.7 Å². The van der Waals surface area contributed by atoms with Crippen molar-refractivity contribution in [2.75, 3.05) is 5.32 Å². The van der Waals surface area contributed by atoms with Crippen molar-refractivity contribution >= 4 is 50.5 Å². The predicted molar refractivity (Wildman–Crippen MR) is 114 cm³/mol. The third-order valence-electron chi connectivity index (χ3n) is 4.37. The number of aromatic amines is 1. The minimum atomic E-state index is -0.670. The number of anilines is 1. The zero-order valence-corrected chi connectivity index (χ0v) is 16.9. The van der Waals surface area contributed by atoms with Gasteiger partial charge in [-0.05, 0) is 31.4 Å². The molecule has 6 nitrogen and oxygen atoms in total. The van der Waals surface area contributed by atoms with Crippen LogP contribution in [0.1, 0.15) is 22.3 Å². The maximum absolute atomic E-state index is 12.4. The van der Waals surface area contributed by atoms with E-state index in [0.717, 1.165) is 27.9 Å². The molecule has 0 saturated carbocycles. The van der Waals surface area contributed by atoms with E-state index in [1.54, 1.807) is 19.1 Å². The molecular formula is C20H18N4O2S2. The van der Waals surface area contributed by atoms with Gasteiger partial charge in [0.15, 0.2) is 5.13 Å². The number of para-hydroxylation sites is 1. The summed E-state index contributed by atoms with van der Waals surface area (Å²) in [6.07, 6.45) is 0. The third-order valence-corrected chi connectivity index (χ3v) is 6.00. The number of aromatic nitrogens is 2. The highest BCUT2D eigenvalue weighted by molar-refractivity contribution is 7.14. The molecule has 1 aromatic carbocycles. The number of carbonyl (C=O) groups excluding carboxylic acids is 2. The number of fused-ring (bicyclic) bond motifs is 1. The lowest BCUT2D eigenvalue weighted by Crippen LogP contribution is -2.41. The van der Waals surface area contributed by atoms with Gasteiger partial charge in [-0.2, -0.15) is 0 Å². The second kappa shape index (κ2) is 7.57. The molecule has 8 heteroatoms. The van der Waals surface area contributed by atoms with E-state index in [4.69, 9.17) is 0 Å². The maximum atomic E-state index is 12.4. The topological polar surface area (TPSA) is 86.9 Å². The highest BCUT2D eigenvalue weighted by Crippen LogP contribution is 2.33. The second-order valence-electron chi connectivity index (χ2n) is 6.37. The van der Waals surface area contributed by atoms with E-state index in [1.165, 1.54) is 22.7 Å². The Morgan fingerprint density at radius 1 is 1.14 bits per heavy atom. The molecule has 142 valence electrons. The van der Waals surface area contributed by atoms with Crippen molar-refractivity contribution in [1.82, 2.24) is 15.3 Å². The molecule has 0 aliphatic heterocycles. The second-order valence-corrected chi connectivity index (χ2v) is 8.18.